The molecule has 0 fully saturated rings. The van der Waals surface area contributed by atoms with Crippen molar-refractivity contribution in [2.45, 2.75) is 39.4 Å². The van der Waals surface area contributed by atoms with E-state index in [0.29, 0.717) is 28.1 Å². The van der Waals surface area contributed by atoms with Gasteiger partial charge in [-0.05, 0) is 42.3 Å². The van der Waals surface area contributed by atoms with Gasteiger partial charge in [-0.15, -0.1) is 11.3 Å². The van der Waals surface area contributed by atoms with Crippen molar-refractivity contribution in [2.75, 3.05) is 5.32 Å². The molecule has 32 heavy (non-hydrogen) atoms. The number of hydrogen-bond donors (Lipinski definition) is 1. The SMILES string of the molecule is Cc1c(C(=O)Nc2cccc(Cn3ccnc3C(C)C)c2)sc2nc(C(F)(F)F)ccc12. The molecular formula is C23H21F3N4OS. The molecule has 4 rings (SSSR count). The lowest BCUT2D eigenvalue weighted by molar-refractivity contribution is -0.140. The maximum absolute atomic E-state index is 13.0. The molecule has 4 aromatic rings. The van der Waals surface area contributed by atoms with Crippen LogP contribution in [0.5, 0.6) is 0 Å². The Hall–Kier alpha value is -3.20. The van der Waals surface area contributed by atoms with E-state index in [9.17, 15) is 18.0 Å². The molecule has 0 aliphatic carbocycles. The number of nitrogens with one attached hydrogen (secondary N) is 1. The van der Waals surface area contributed by atoms with E-state index in [1.54, 1.807) is 19.2 Å². The zero-order chi connectivity index (χ0) is 23.0. The third-order valence-electron chi connectivity index (χ3n) is 5.10. The number of halogens is 3. The second kappa shape index (κ2) is 8.38. The fourth-order valence-corrected chi connectivity index (χ4v) is 4.64. The maximum atomic E-state index is 13.0. The van der Waals surface area contributed by atoms with Gasteiger partial charge in [-0.2, -0.15) is 13.2 Å². The van der Waals surface area contributed by atoms with Gasteiger partial charge in [0.15, 0.2) is 0 Å². The van der Waals surface area contributed by atoms with Crippen molar-refractivity contribution >= 4 is 33.1 Å². The van der Waals surface area contributed by atoms with E-state index in [4.69, 9.17) is 0 Å². The first-order chi connectivity index (χ1) is 15.1. The van der Waals surface area contributed by atoms with Gasteiger partial charge in [-0.3, -0.25) is 4.79 Å². The van der Waals surface area contributed by atoms with Crippen LogP contribution in [0.2, 0.25) is 0 Å². The number of imidazole rings is 1. The Morgan fingerprint density at radius 2 is 2.00 bits per heavy atom. The van der Waals surface area contributed by atoms with Crippen molar-refractivity contribution in [3.63, 3.8) is 0 Å². The molecule has 0 spiro atoms. The number of thiophene rings is 1. The number of aromatic nitrogens is 3. The van der Waals surface area contributed by atoms with Gasteiger partial charge in [-0.1, -0.05) is 26.0 Å². The molecule has 0 aliphatic heterocycles. The van der Waals surface area contributed by atoms with Crippen LogP contribution in [-0.4, -0.2) is 20.4 Å². The minimum Gasteiger partial charge on any atom is -0.330 e. The number of anilines is 1. The number of benzene rings is 1. The highest BCUT2D eigenvalue weighted by atomic mass is 32.1. The van der Waals surface area contributed by atoms with Crippen LogP contribution < -0.4 is 5.32 Å². The summed E-state index contributed by atoms with van der Waals surface area (Å²) in [6.45, 7) is 6.49. The lowest BCUT2D eigenvalue weighted by Gasteiger charge is -2.12. The summed E-state index contributed by atoms with van der Waals surface area (Å²) in [6, 6.07) is 9.78. The summed E-state index contributed by atoms with van der Waals surface area (Å²) >= 11 is 0.959. The summed E-state index contributed by atoms with van der Waals surface area (Å²) in [6.07, 6.45) is -0.841. The molecule has 0 aliphatic rings. The summed E-state index contributed by atoms with van der Waals surface area (Å²) in [4.78, 5) is 21.5. The zero-order valence-corrected chi connectivity index (χ0v) is 18.5. The van der Waals surface area contributed by atoms with Gasteiger partial charge in [0.2, 0.25) is 0 Å². The molecule has 9 heteroatoms. The van der Waals surface area contributed by atoms with Crippen LogP contribution in [0.3, 0.4) is 0 Å². The number of hydrogen-bond acceptors (Lipinski definition) is 4. The van der Waals surface area contributed by atoms with Gasteiger partial charge >= 0.3 is 6.18 Å². The summed E-state index contributed by atoms with van der Waals surface area (Å²) in [5.74, 6) is 0.892. The number of fused-ring (bicyclic) bond motifs is 1. The van der Waals surface area contributed by atoms with Gasteiger partial charge in [0.1, 0.15) is 16.3 Å². The quantitative estimate of drug-likeness (QED) is 0.385. The lowest BCUT2D eigenvalue weighted by Crippen LogP contribution is -2.12. The van der Waals surface area contributed by atoms with Gasteiger partial charge in [-0.25, -0.2) is 9.97 Å². The second-order valence-corrected chi connectivity index (χ2v) is 8.82. The zero-order valence-electron chi connectivity index (χ0n) is 17.7. The summed E-state index contributed by atoms with van der Waals surface area (Å²) < 4.78 is 41.0. The Kier molecular flexibility index (Phi) is 5.77. The molecule has 5 nitrogen and oxygen atoms in total. The van der Waals surface area contributed by atoms with Crippen molar-refractivity contribution < 1.29 is 18.0 Å². The average Bonchev–Trinajstić information content (AvgIpc) is 3.32. The first-order valence-electron chi connectivity index (χ1n) is 10.0. The maximum Gasteiger partial charge on any atom is 0.433 e. The van der Waals surface area contributed by atoms with Crippen LogP contribution >= 0.6 is 11.3 Å². The van der Waals surface area contributed by atoms with Crippen molar-refractivity contribution in [1.29, 1.82) is 0 Å². The normalized spacial score (nSPS) is 12.0. The van der Waals surface area contributed by atoms with Gasteiger partial charge in [0.25, 0.3) is 5.91 Å². The predicted octanol–water partition coefficient (Wildman–Crippen LogP) is 6.24. The molecule has 0 saturated carbocycles. The van der Waals surface area contributed by atoms with E-state index >= 15 is 0 Å². The first-order valence-corrected chi connectivity index (χ1v) is 10.8. The number of aryl methyl sites for hydroxylation is 1. The van der Waals surface area contributed by atoms with E-state index in [0.717, 1.165) is 28.8 Å². The Morgan fingerprint density at radius 3 is 2.72 bits per heavy atom. The Labute approximate surface area is 186 Å². The molecular weight excluding hydrogens is 437 g/mol. The van der Waals surface area contributed by atoms with E-state index in [1.807, 2.05) is 24.4 Å². The van der Waals surface area contributed by atoms with Crippen molar-refractivity contribution in [2.24, 2.45) is 0 Å². The highest BCUT2D eigenvalue weighted by Crippen LogP contribution is 2.34. The Balaban J connectivity index is 1.56. The number of rotatable bonds is 5. The van der Waals surface area contributed by atoms with Crippen LogP contribution in [0, 0.1) is 6.92 Å². The van der Waals surface area contributed by atoms with Crippen LogP contribution in [0.15, 0.2) is 48.8 Å². The lowest BCUT2D eigenvalue weighted by atomic mass is 10.1. The summed E-state index contributed by atoms with van der Waals surface area (Å²) in [7, 11) is 0. The number of carbonyl (C=O) groups excluding carboxylic acids is 1. The van der Waals surface area contributed by atoms with Crippen molar-refractivity contribution in [1.82, 2.24) is 14.5 Å². The fraction of sp³-hybridized carbons (Fsp3) is 0.261. The molecule has 3 heterocycles. The van der Waals surface area contributed by atoms with Crippen molar-refractivity contribution in [3.8, 4) is 0 Å². The topological polar surface area (TPSA) is 59.8 Å². The van der Waals surface area contributed by atoms with Gasteiger partial charge in [0.05, 0.1) is 4.88 Å². The molecule has 0 saturated heterocycles. The van der Waals surface area contributed by atoms with Crippen LogP contribution in [0.4, 0.5) is 18.9 Å². The average molecular weight is 459 g/mol. The molecule has 1 aromatic carbocycles. The largest absolute Gasteiger partial charge is 0.433 e. The monoisotopic (exact) mass is 458 g/mol. The Morgan fingerprint density at radius 1 is 1.22 bits per heavy atom. The number of carbonyl (C=O) groups is 1. The summed E-state index contributed by atoms with van der Waals surface area (Å²) in [5, 5.41) is 3.40. The van der Waals surface area contributed by atoms with Crippen molar-refractivity contribution in [3.05, 3.63) is 76.3 Å². The molecule has 0 unspecified atom stereocenters. The molecule has 0 bridgehead atoms. The number of amides is 1. The minimum absolute atomic E-state index is 0.192. The fourth-order valence-electron chi connectivity index (χ4n) is 3.56. The predicted molar refractivity (Wildman–Crippen MR) is 119 cm³/mol. The number of alkyl halides is 3. The van der Waals surface area contributed by atoms with Gasteiger partial charge < -0.3 is 9.88 Å². The molecule has 0 atom stereocenters. The molecule has 1 amide bonds. The third-order valence-corrected chi connectivity index (χ3v) is 6.30. The first kappa shape index (κ1) is 22.0. The highest BCUT2D eigenvalue weighted by Gasteiger charge is 2.33. The molecule has 0 radical (unpaired) electrons. The highest BCUT2D eigenvalue weighted by molar-refractivity contribution is 7.20. The molecule has 166 valence electrons. The smallest absolute Gasteiger partial charge is 0.330 e. The van der Waals surface area contributed by atoms with E-state index in [2.05, 4.69) is 33.7 Å². The van der Waals surface area contributed by atoms with Crippen LogP contribution in [0.25, 0.3) is 10.2 Å². The van der Waals surface area contributed by atoms with Crippen LogP contribution in [-0.2, 0) is 12.7 Å². The number of nitrogens with zero attached hydrogens (tertiary/aromatic N) is 3. The van der Waals surface area contributed by atoms with E-state index < -0.39 is 11.9 Å². The van der Waals surface area contributed by atoms with Crippen LogP contribution in [0.1, 0.15) is 52.1 Å². The second-order valence-electron chi connectivity index (χ2n) is 7.83. The van der Waals surface area contributed by atoms with E-state index in [-0.39, 0.29) is 16.7 Å². The van der Waals surface area contributed by atoms with E-state index in [1.165, 1.54) is 6.07 Å². The van der Waals surface area contributed by atoms with Gasteiger partial charge in [0, 0.05) is 35.9 Å². The molecule has 3 aromatic heterocycles. The Bertz CT molecular complexity index is 1290. The minimum atomic E-state index is -4.53. The molecule has 1 N–H and O–H groups in total. The standard InChI is InChI=1S/C23H21F3N4OS/c1-13(2)20-27-9-10-30(20)12-15-5-4-6-16(11-15)28-21(31)19-14(3)17-7-8-18(23(24,25)26)29-22(17)32-19/h4-11,13H,12H2,1-3H3,(H,28,31). The summed E-state index contributed by atoms with van der Waals surface area (Å²) in [5.41, 5.74) is 1.25. The number of pyridine rings is 1. The third kappa shape index (κ3) is 4.38.